The summed E-state index contributed by atoms with van der Waals surface area (Å²) in [5.74, 6) is -3.16. The van der Waals surface area contributed by atoms with E-state index in [1.807, 2.05) is 0 Å². The van der Waals surface area contributed by atoms with Gasteiger partial charge in [0, 0.05) is 18.8 Å². The molecular weight excluding hydrogens is 305 g/mol. The zero-order valence-corrected chi connectivity index (χ0v) is 12.2. The van der Waals surface area contributed by atoms with Crippen LogP contribution in [-0.2, 0) is 9.59 Å². The average Bonchev–Trinajstić information content (AvgIpc) is 3.31. The maximum absolute atomic E-state index is 14.0. The minimum Gasteiger partial charge on any atom is -0.481 e. The van der Waals surface area contributed by atoms with Gasteiger partial charge in [-0.2, -0.15) is 0 Å². The first-order chi connectivity index (χ1) is 11.0. The molecule has 1 aliphatic heterocycles. The quantitative estimate of drug-likeness (QED) is 0.780. The van der Waals surface area contributed by atoms with Crippen LogP contribution < -0.4 is 15.5 Å². The molecule has 0 spiro atoms. The first-order valence-electron chi connectivity index (χ1n) is 7.36. The molecule has 1 heterocycles. The number of aliphatic carboxylic acids is 1. The Labute approximate surface area is 131 Å². The standard InChI is InChI=1S/C15H16FN3O4/c16-11-3-2-8(18-13(20)9-7-10(9)14(21)22)6-12(11)19-5-1-4-17-15(19)23/h2-3,6,9-10H,1,4-5,7H2,(H,17,23)(H,18,20)(H,21,22)/t9-,10+/m0/s1. The summed E-state index contributed by atoms with van der Waals surface area (Å²) < 4.78 is 14.0. The zero-order valence-electron chi connectivity index (χ0n) is 12.2. The number of anilines is 2. The summed E-state index contributed by atoms with van der Waals surface area (Å²) in [6.45, 7) is 0.940. The van der Waals surface area contributed by atoms with Crippen molar-refractivity contribution in [3.63, 3.8) is 0 Å². The Morgan fingerprint density at radius 1 is 1.35 bits per heavy atom. The lowest BCUT2D eigenvalue weighted by molar-refractivity contribution is -0.139. The number of benzene rings is 1. The lowest BCUT2D eigenvalue weighted by Gasteiger charge is -2.28. The van der Waals surface area contributed by atoms with Crippen molar-refractivity contribution < 1.29 is 23.9 Å². The highest BCUT2D eigenvalue weighted by Gasteiger charge is 2.48. The molecule has 7 nitrogen and oxygen atoms in total. The van der Waals surface area contributed by atoms with Crippen LogP contribution in [0.4, 0.5) is 20.6 Å². The lowest BCUT2D eigenvalue weighted by Crippen LogP contribution is -2.46. The summed E-state index contributed by atoms with van der Waals surface area (Å²) in [5.41, 5.74) is 0.423. The number of hydrogen-bond acceptors (Lipinski definition) is 3. The first kappa shape index (κ1) is 15.3. The second-order valence-electron chi connectivity index (χ2n) is 5.68. The van der Waals surface area contributed by atoms with Crippen molar-refractivity contribution in [1.29, 1.82) is 0 Å². The third kappa shape index (κ3) is 3.10. The molecule has 8 heteroatoms. The Bertz CT molecular complexity index is 679. The normalized spacial score (nSPS) is 23.2. The molecule has 3 rings (SSSR count). The molecule has 0 aromatic heterocycles. The van der Waals surface area contributed by atoms with E-state index < -0.39 is 29.5 Å². The summed E-state index contributed by atoms with van der Waals surface area (Å²) in [6.07, 6.45) is 1.01. The Hall–Kier alpha value is -2.64. The van der Waals surface area contributed by atoms with Gasteiger partial charge in [0.1, 0.15) is 5.82 Å². The Kier molecular flexibility index (Phi) is 3.89. The highest BCUT2D eigenvalue weighted by atomic mass is 19.1. The molecule has 0 radical (unpaired) electrons. The monoisotopic (exact) mass is 321 g/mol. The molecule has 3 amide bonds. The number of hydrogen-bond donors (Lipinski definition) is 3. The fourth-order valence-electron chi connectivity index (χ4n) is 2.65. The molecule has 1 saturated carbocycles. The van der Waals surface area contributed by atoms with Crippen molar-refractivity contribution in [2.24, 2.45) is 11.8 Å². The molecule has 1 aliphatic carbocycles. The van der Waals surface area contributed by atoms with Gasteiger partial charge in [0.25, 0.3) is 0 Å². The maximum Gasteiger partial charge on any atom is 0.321 e. The molecule has 23 heavy (non-hydrogen) atoms. The number of carbonyl (C=O) groups is 3. The van der Waals surface area contributed by atoms with E-state index in [-0.39, 0.29) is 11.7 Å². The molecule has 1 aromatic carbocycles. The minimum atomic E-state index is -0.991. The van der Waals surface area contributed by atoms with Gasteiger partial charge in [0.15, 0.2) is 0 Å². The van der Waals surface area contributed by atoms with E-state index in [1.54, 1.807) is 0 Å². The fourth-order valence-corrected chi connectivity index (χ4v) is 2.65. The second-order valence-corrected chi connectivity index (χ2v) is 5.68. The Morgan fingerprint density at radius 3 is 2.78 bits per heavy atom. The van der Waals surface area contributed by atoms with Gasteiger partial charge >= 0.3 is 12.0 Å². The highest BCUT2D eigenvalue weighted by molar-refractivity contribution is 5.99. The van der Waals surface area contributed by atoms with Gasteiger partial charge in [0.05, 0.1) is 17.5 Å². The van der Waals surface area contributed by atoms with Crippen LogP contribution in [0.3, 0.4) is 0 Å². The largest absolute Gasteiger partial charge is 0.481 e. The number of carboxylic acid groups (broad SMARTS) is 1. The number of urea groups is 1. The van der Waals surface area contributed by atoms with Crippen molar-refractivity contribution in [1.82, 2.24) is 5.32 Å². The van der Waals surface area contributed by atoms with Gasteiger partial charge in [-0.15, -0.1) is 0 Å². The van der Waals surface area contributed by atoms with Crippen LogP contribution in [-0.4, -0.2) is 36.1 Å². The van der Waals surface area contributed by atoms with Gasteiger partial charge in [-0.1, -0.05) is 0 Å². The van der Waals surface area contributed by atoms with Gasteiger partial charge in [-0.05, 0) is 31.0 Å². The van der Waals surface area contributed by atoms with Crippen LogP contribution in [0.2, 0.25) is 0 Å². The van der Waals surface area contributed by atoms with E-state index in [1.165, 1.54) is 23.1 Å². The number of amides is 3. The summed E-state index contributed by atoms with van der Waals surface area (Å²) >= 11 is 0. The number of carbonyl (C=O) groups excluding carboxylic acids is 2. The topological polar surface area (TPSA) is 98.7 Å². The molecule has 0 unspecified atom stereocenters. The van der Waals surface area contributed by atoms with E-state index >= 15 is 0 Å². The van der Waals surface area contributed by atoms with E-state index in [2.05, 4.69) is 10.6 Å². The Balaban J connectivity index is 1.74. The van der Waals surface area contributed by atoms with E-state index in [4.69, 9.17) is 5.11 Å². The van der Waals surface area contributed by atoms with Crippen LogP contribution in [0.1, 0.15) is 12.8 Å². The van der Waals surface area contributed by atoms with Crippen molar-refractivity contribution in [2.45, 2.75) is 12.8 Å². The molecule has 1 saturated heterocycles. The smallest absolute Gasteiger partial charge is 0.321 e. The average molecular weight is 321 g/mol. The van der Waals surface area contributed by atoms with E-state index in [0.29, 0.717) is 31.6 Å². The number of halogens is 1. The predicted octanol–water partition coefficient (Wildman–Crippen LogP) is 1.40. The number of nitrogens with one attached hydrogen (secondary N) is 2. The van der Waals surface area contributed by atoms with E-state index in [0.717, 1.165) is 0 Å². The van der Waals surface area contributed by atoms with Gasteiger partial charge < -0.3 is 15.7 Å². The van der Waals surface area contributed by atoms with Gasteiger partial charge in [0.2, 0.25) is 5.91 Å². The second kappa shape index (κ2) is 5.86. The summed E-state index contributed by atoms with van der Waals surface area (Å²) in [7, 11) is 0. The van der Waals surface area contributed by atoms with Gasteiger partial charge in [-0.3, -0.25) is 14.5 Å². The van der Waals surface area contributed by atoms with Crippen LogP contribution in [0.25, 0.3) is 0 Å². The van der Waals surface area contributed by atoms with Crippen LogP contribution in [0, 0.1) is 17.7 Å². The van der Waals surface area contributed by atoms with Crippen molar-refractivity contribution in [2.75, 3.05) is 23.3 Å². The van der Waals surface area contributed by atoms with Crippen LogP contribution >= 0.6 is 0 Å². The molecule has 2 fully saturated rings. The van der Waals surface area contributed by atoms with Crippen molar-refractivity contribution in [3.05, 3.63) is 24.0 Å². The summed E-state index contributed by atoms with van der Waals surface area (Å²) in [5, 5.41) is 14.1. The number of rotatable bonds is 4. The van der Waals surface area contributed by atoms with Crippen LogP contribution in [0.15, 0.2) is 18.2 Å². The highest BCUT2D eigenvalue weighted by Crippen LogP contribution is 2.39. The molecular formula is C15H16FN3O4. The zero-order chi connectivity index (χ0) is 16.6. The third-order valence-corrected chi connectivity index (χ3v) is 4.03. The Morgan fingerprint density at radius 2 is 2.13 bits per heavy atom. The van der Waals surface area contributed by atoms with Crippen molar-refractivity contribution in [3.8, 4) is 0 Å². The van der Waals surface area contributed by atoms with Gasteiger partial charge in [-0.25, -0.2) is 9.18 Å². The molecule has 122 valence electrons. The van der Waals surface area contributed by atoms with E-state index in [9.17, 15) is 18.8 Å². The molecule has 2 atom stereocenters. The fraction of sp³-hybridized carbons (Fsp3) is 0.400. The van der Waals surface area contributed by atoms with Crippen LogP contribution in [0.5, 0.6) is 0 Å². The molecule has 1 aromatic rings. The first-order valence-corrected chi connectivity index (χ1v) is 7.36. The third-order valence-electron chi connectivity index (χ3n) is 4.03. The summed E-state index contributed by atoms with van der Waals surface area (Å²) in [6, 6.07) is 3.56. The molecule has 2 aliphatic rings. The predicted molar refractivity (Wildman–Crippen MR) is 79.6 cm³/mol. The molecule has 3 N–H and O–H groups in total. The number of nitrogens with zero attached hydrogens (tertiary/aromatic N) is 1. The number of carboxylic acids is 1. The minimum absolute atomic E-state index is 0.0885. The molecule has 0 bridgehead atoms. The maximum atomic E-state index is 14.0. The summed E-state index contributed by atoms with van der Waals surface area (Å²) in [4.78, 5) is 35.9. The van der Waals surface area contributed by atoms with Crippen molar-refractivity contribution >= 4 is 29.3 Å². The SMILES string of the molecule is O=C(Nc1ccc(F)c(N2CCCNC2=O)c1)[C@H]1C[C@H]1C(=O)O. The lowest BCUT2D eigenvalue weighted by atomic mass is 10.2.